The van der Waals surface area contributed by atoms with E-state index in [1.165, 1.54) is 6.07 Å². The molecule has 35 heavy (non-hydrogen) atoms. The van der Waals surface area contributed by atoms with E-state index in [0.29, 0.717) is 5.56 Å². The van der Waals surface area contributed by atoms with Crippen molar-refractivity contribution in [1.82, 2.24) is 10.3 Å². The van der Waals surface area contributed by atoms with Gasteiger partial charge in [-0.1, -0.05) is 24.3 Å². The predicted octanol–water partition coefficient (Wildman–Crippen LogP) is 5.27. The molecular formula is C25H24F3N5O2. The summed E-state index contributed by atoms with van der Waals surface area (Å²) in [7, 11) is 0. The highest BCUT2D eigenvalue weighted by Gasteiger charge is 2.34. The Morgan fingerprint density at radius 2 is 1.69 bits per heavy atom. The summed E-state index contributed by atoms with van der Waals surface area (Å²) >= 11 is 0. The van der Waals surface area contributed by atoms with Crippen LogP contribution >= 0.6 is 0 Å². The van der Waals surface area contributed by atoms with Crippen LogP contribution in [0.4, 0.5) is 35.2 Å². The molecule has 1 saturated heterocycles. The van der Waals surface area contributed by atoms with Gasteiger partial charge in [-0.05, 0) is 54.8 Å². The number of hydrogen-bond donors (Lipinski definition) is 3. The Morgan fingerprint density at radius 3 is 2.34 bits per heavy atom. The van der Waals surface area contributed by atoms with E-state index in [-0.39, 0.29) is 12.2 Å². The van der Waals surface area contributed by atoms with Crippen molar-refractivity contribution in [2.75, 3.05) is 28.6 Å². The van der Waals surface area contributed by atoms with Gasteiger partial charge in [0.25, 0.3) is 5.91 Å². The van der Waals surface area contributed by atoms with Crippen LogP contribution in [0.1, 0.15) is 34.3 Å². The van der Waals surface area contributed by atoms with Crippen LogP contribution in [0, 0.1) is 0 Å². The van der Waals surface area contributed by atoms with Crippen molar-refractivity contribution < 1.29 is 22.8 Å². The van der Waals surface area contributed by atoms with E-state index in [1.54, 1.807) is 36.5 Å². The third kappa shape index (κ3) is 6.28. The molecule has 1 aliphatic heterocycles. The number of anilines is 3. The topological polar surface area (TPSA) is 86.4 Å². The number of carbonyl (C=O) groups excluding carboxylic acids is 2. The van der Waals surface area contributed by atoms with Gasteiger partial charge in [0.2, 0.25) is 0 Å². The molecule has 0 saturated carbocycles. The number of nitrogens with zero attached hydrogens (tertiary/aromatic N) is 2. The molecule has 0 unspecified atom stereocenters. The molecule has 1 fully saturated rings. The molecule has 3 N–H and O–H groups in total. The first-order valence-corrected chi connectivity index (χ1v) is 11.1. The second-order valence-electron chi connectivity index (χ2n) is 8.10. The fourth-order valence-electron chi connectivity index (χ4n) is 3.76. The van der Waals surface area contributed by atoms with Gasteiger partial charge in [0, 0.05) is 37.1 Å². The molecule has 2 aromatic carbocycles. The number of amides is 3. The number of carbonyl (C=O) groups is 2. The van der Waals surface area contributed by atoms with E-state index in [2.05, 4.69) is 25.8 Å². The highest BCUT2D eigenvalue weighted by atomic mass is 19.4. The van der Waals surface area contributed by atoms with E-state index < -0.39 is 29.4 Å². The van der Waals surface area contributed by atoms with Crippen LogP contribution in [-0.2, 0) is 12.7 Å². The molecule has 0 bridgehead atoms. The fraction of sp³-hybridized carbons (Fsp3) is 0.240. The molecule has 2 heterocycles. The monoisotopic (exact) mass is 483 g/mol. The predicted molar refractivity (Wildman–Crippen MR) is 127 cm³/mol. The minimum Gasteiger partial charge on any atom is -0.357 e. The zero-order valence-electron chi connectivity index (χ0n) is 18.7. The average molecular weight is 483 g/mol. The van der Waals surface area contributed by atoms with Crippen LogP contribution in [0.15, 0.2) is 66.9 Å². The standard InChI is InChI=1S/C25H24F3N5O2/c26-25(27,28)20-14-19(31-23(34)18-6-2-1-3-7-18)9-10-21(20)32-24(35)30-16-17-8-11-22(29-15-17)33-12-4-5-13-33/h1-3,6-11,14-15H,4-5,12-13,16H2,(H,31,34)(H2,30,32,35). The van der Waals surface area contributed by atoms with Crippen LogP contribution in [0.2, 0.25) is 0 Å². The maximum absolute atomic E-state index is 13.7. The Balaban J connectivity index is 1.39. The molecule has 0 spiro atoms. The Labute approximate surface area is 200 Å². The number of hydrogen-bond acceptors (Lipinski definition) is 4. The molecule has 182 valence electrons. The van der Waals surface area contributed by atoms with Crippen molar-refractivity contribution >= 4 is 29.1 Å². The number of aromatic nitrogens is 1. The zero-order chi connectivity index (χ0) is 24.8. The lowest BCUT2D eigenvalue weighted by molar-refractivity contribution is -0.136. The number of urea groups is 1. The largest absolute Gasteiger partial charge is 0.418 e. The van der Waals surface area contributed by atoms with Gasteiger partial charge in [-0.25, -0.2) is 9.78 Å². The van der Waals surface area contributed by atoms with Gasteiger partial charge in [0.1, 0.15) is 5.82 Å². The molecule has 4 rings (SSSR count). The molecule has 7 nitrogen and oxygen atoms in total. The number of nitrogens with one attached hydrogen (secondary N) is 3. The van der Waals surface area contributed by atoms with Gasteiger partial charge in [-0.3, -0.25) is 4.79 Å². The minimum absolute atomic E-state index is 0.0405. The summed E-state index contributed by atoms with van der Waals surface area (Å²) in [6, 6.07) is 14.2. The molecule has 1 aromatic heterocycles. The SMILES string of the molecule is O=C(NCc1ccc(N2CCCC2)nc1)Nc1ccc(NC(=O)c2ccccc2)cc1C(F)(F)F. The van der Waals surface area contributed by atoms with Crippen molar-refractivity contribution in [3.63, 3.8) is 0 Å². The summed E-state index contributed by atoms with van der Waals surface area (Å²) in [5, 5.41) is 7.23. The quantitative estimate of drug-likeness (QED) is 0.446. The van der Waals surface area contributed by atoms with Gasteiger partial charge in [-0.15, -0.1) is 0 Å². The molecule has 3 amide bonds. The summed E-state index contributed by atoms with van der Waals surface area (Å²) < 4.78 is 41.0. The third-order valence-electron chi connectivity index (χ3n) is 5.56. The van der Waals surface area contributed by atoms with Crippen molar-refractivity contribution in [2.24, 2.45) is 0 Å². The smallest absolute Gasteiger partial charge is 0.357 e. The molecule has 0 atom stereocenters. The number of alkyl halides is 3. The summed E-state index contributed by atoms with van der Waals surface area (Å²) in [5.41, 5.74) is -0.504. The molecule has 0 radical (unpaired) electrons. The zero-order valence-corrected chi connectivity index (χ0v) is 18.7. The van der Waals surface area contributed by atoms with Crippen molar-refractivity contribution in [3.8, 4) is 0 Å². The normalized spacial score (nSPS) is 13.4. The summed E-state index contributed by atoms with van der Waals surface area (Å²) in [4.78, 5) is 31.1. The lowest BCUT2D eigenvalue weighted by atomic mass is 10.1. The number of pyridine rings is 1. The number of halogens is 3. The lowest BCUT2D eigenvalue weighted by Crippen LogP contribution is -2.29. The van der Waals surface area contributed by atoms with Gasteiger partial charge in [0.15, 0.2) is 0 Å². The molecule has 3 aromatic rings. The molecule has 10 heteroatoms. The highest BCUT2D eigenvalue weighted by Crippen LogP contribution is 2.36. The van der Waals surface area contributed by atoms with Crippen LogP contribution in [0.3, 0.4) is 0 Å². The Morgan fingerprint density at radius 1 is 0.943 bits per heavy atom. The second-order valence-corrected chi connectivity index (χ2v) is 8.10. The summed E-state index contributed by atoms with van der Waals surface area (Å²) in [5.74, 6) is 0.325. The van der Waals surface area contributed by atoms with E-state index in [4.69, 9.17) is 0 Å². The average Bonchev–Trinajstić information content (AvgIpc) is 3.39. The van der Waals surface area contributed by atoms with E-state index >= 15 is 0 Å². The number of rotatable bonds is 6. The van der Waals surface area contributed by atoms with Crippen molar-refractivity contribution in [1.29, 1.82) is 0 Å². The Kier molecular flexibility index (Phi) is 7.19. The van der Waals surface area contributed by atoms with Crippen molar-refractivity contribution in [3.05, 3.63) is 83.6 Å². The van der Waals surface area contributed by atoms with E-state index in [1.807, 2.05) is 12.1 Å². The second kappa shape index (κ2) is 10.5. The maximum atomic E-state index is 13.7. The third-order valence-corrected chi connectivity index (χ3v) is 5.56. The fourth-order valence-corrected chi connectivity index (χ4v) is 3.76. The van der Waals surface area contributed by atoms with Crippen LogP contribution in [0.25, 0.3) is 0 Å². The van der Waals surface area contributed by atoms with E-state index in [0.717, 1.165) is 49.4 Å². The number of benzene rings is 2. The van der Waals surface area contributed by atoms with E-state index in [9.17, 15) is 22.8 Å². The first-order valence-electron chi connectivity index (χ1n) is 11.1. The first-order chi connectivity index (χ1) is 16.8. The van der Waals surface area contributed by atoms with Crippen molar-refractivity contribution in [2.45, 2.75) is 25.6 Å². The first kappa shape index (κ1) is 24.1. The van der Waals surface area contributed by atoms with Gasteiger partial charge in [-0.2, -0.15) is 13.2 Å². The van der Waals surface area contributed by atoms with Crippen LogP contribution in [0.5, 0.6) is 0 Å². The van der Waals surface area contributed by atoms with Crippen LogP contribution < -0.4 is 20.9 Å². The maximum Gasteiger partial charge on any atom is 0.418 e. The highest BCUT2D eigenvalue weighted by molar-refractivity contribution is 6.04. The molecular weight excluding hydrogens is 459 g/mol. The summed E-state index contributed by atoms with van der Waals surface area (Å²) in [6.45, 7) is 2.03. The Hall–Kier alpha value is -4.08. The van der Waals surface area contributed by atoms with Crippen LogP contribution in [-0.4, -0.2) is 30.0 Å². The van der Waals surface area contributed by atoms with Gasteiger partial charge >= 0.3 is 12.2 Å². The van der Waals surface area contributed by atoms with Gasteiger partial charge in [0.05, 0.1) is 11.3 Å². The lowest BCUT2D eigenvalue weighted by Gasteiger charge is -2.17. The Bertz CT molecular complexity index is 1180. The van der Waals surface area contributed by atoms with Gasteiger partial charge < -0.3 is 20.9 Å². The minimum atomic E-state index is -4.74. The molecule has 0 aliphatic carbocycles. The molecule has 1 aliphatic rings. The summed E-state index contributed by atoms with van der Waals surface area (Å²) in [6.07, 6.45) is -0.846.